The van der Waals surface area contributed by atoms with Crippen LogP contribution in [0, 0.1) is 0 Å². The molecule has 1 N–H and O–H groups in total. The van der Waals surface area contributed by atoms with Crippen molar-refractivity contribution in [2.24, 2.45) is 0 Å². The molecule has 0 saturated carbocycles. The van der Waals surface area contributed by atoms with Crippen LogP contribution in [0.25, 0.3) is 10.8 Å². The molecule has 0 atom stereocenters. The van der Waals surface area contributed by atoms with Crippen molar-refractivity contribution in [3.05, 3.63) is 72.3 Å². The second kappa shape index (κ2) is 7.17. The fourth-order valence-corrected chi connectivity index (χ4v) is 3.83. The molecule has 0 bridgehead atoms. The molecule has 1 amide bonds. The lowest BCUT2D eigenvalue weighted by Crippen LogP contribution is -2.29. The largest absolute Gasteiger partial charge is 0.322 e. The van der Waals surface area contributed by atoms with Crippen molar-refractivity contribution in [3.8, 4) is 0 Å². The number of benzene rings is 3. The lowest BCUT2D eigenvalue weighted by molar-refractivity contribution is 0.102. The van der Waals surface area contributed by atoms with Crippen molar-refractivity contribution in [1.29, 1.82) is 0 Å². The fraction of sp³-hybridized carbons (Fsp3) is 0.150. The fourth-order valence-electron chi connectivity index (χ4n) is 2.86. The van der Waals surface area contributed by atoms with Crippen molar-refractivity contribution < 1.29 is 13.2 Å². The zero-order valence-corrected chi connectivity index (χ0v) is 15.5. The molecule has 0 fully saturated rings. The third kappa shape index (κ3) is 3.86. The molecule has 0 heterocycles. The molecule has 6 heteroatoms. The Morgan fingerprint density at radius 1 is 0.962 bits per heavy atom. The highest BCUT2D eigenvalue weighted by Gasteiger charge is 2.15. The third-order valence-electron chi connectivity index (χ3n) is 4.11. The Hall–Kier alpha value is -2.86. The summed E-state index contributed by atoms with van der Waals surface area (Å²) in [4.78, 5) is 12.5. The maximum Gasteiger partial charge on any atom is 0.255 e. The summed E-state index contributed by atoms with van der Waals surface area (Å²) in [7, 11) is -3.34. The summed E-state index contributed by atoms with van der Waals surface area (Å²) in [6, 6.07) is 20.2. The van der Waals surface area contributed by atoms with Gasteiger partial charge in [0.2, 0.25) is 10.0 Å². The summed E-state index contributed by atoms with van der Waals surface area (Å²) in [5.74, 6) is -0.241. The molecule has 134 valence electrons. The van der Waals surface area contributed by atoms with Gasteiger partial charge in [-0.05, 0) is 54.1 Å². The number of hydrogen-bond donors (Lipinski definition) is 1. The molecule has 0 saturated heterocycles. The van der Waals surface area contributed by atoms with E-state index in [4.69, 9.17) is 0 Å². The van der Waals surface area contributed by atoms with Gasteiger partial charge >= 0.3 is 0 Å². The topological polar surface area (TPSA) is 66.5 Å². The number of hydrogen-bond acceptors (Lipinski definition) is 3. The van der Waals surface area contributed by atoms with Crippen LogP contribution in [-0.2, 0) is 10.0 Å². The van der Waals surface area contributed by atoms with Gasteiger partial charge in [-0.3, -0.25) is 9.10 Å². The van der Waals surface area contributed by atoms with Crippen molar-refractivity contribution in [2.45, 2.75) is 6.92 Å². The first-order chi connectivity index (χ1) is 12.4. The number of sulfonamides is 1. The molecule has 3 aromatic rings. The third-order valence-corrected chi connectivity index (χ3v) is 5.38. The minimum Gasteiger partial charge on any atom is -0.322 e. The molecule has 3 rings (SSSR count). The first-order valence-corrected chi connectivity index (χ1v) is 10.1. The van der Waals surface area contributed by atoms with Crippen LogP contribution in [0.5, 0.6) is 0 Å². The van der Waals surface area contributed by atoms with Crippen molar-refractivity contribution in [1.82, 2.24) is 0 Å². The lowest BCUT2D eigenvalue weighted by atomic mass is 10.1. The van der Waals surface area contributed by atoms with E-state index < -0.39 is 10.0 Å². The van der Waals surface area contributed by atoms with Crippen molar-refractivity contribution in [3.63, 3.8) is 0 Å². The van der Waals surface area contributed by atoms with Crippen LogP contribution in [-0.4, -0.2) is 27.1 Å². The van der Waals surface area contributed by atoms with E-state index in [0.717, 1.165) is 17.0 Å². The van der Waals surface area contributed by atoms with E-state index in [-0.39, 0.29) is 5.91 Å². The Kier molecular flexibility index (Phi) is 4.95. The Balaban J connectivity index is 1.79. The standard InChI is InChI=1S/C20H20N2O3S/c1-3-22(26(2,24)25)19-12-9-16(10-13-19)20(23)21-18-11-8-15-6-4-5-7-17(15)14-18/h4-14H,3H2,1-2H3,(H,21,23). The number of anilines is 2. The molecular formula is C20H20N2O3S. The SMILES string of the molecule is CCN(c1ccc(C(=O)Nc2ccc3ccccc3c2)cc1)S(C)(=O)=O. The normalized spacial score (nSPS) is 11.3. The van der Waals surface area contributed by atoms with Gasteiger partial charge in [-0.15, -0.1) is 0 Å². The number of rotatable bonds is 5. The lowest BCUT2D eigenvalue weighted by Gasteiger charge is -2.20. The molecule has 5 nitrogen and oxygen atoms in total. The molecule has 0 aliphatic heterocycles. The Labute approximate surface area is 153 Å². The van der Waals surface area contributed by atoms with Gasteiger partial charge in [-0.25, -0.2) is 8.42 Å². The minimum atomic E-state index is -3.34. The average molecular weight is 368 g/mol. The Morgan fingerprint density at radius 3 is 2.23 bits per heavy atom. The van der Waals surface area contributed by atoms with Gasteiger partial charge in [0, 0.05) is 17.8 Å². The highest BCUT2D eigenvalue weighted by molar-refractivity contribution is 7.92. The number of carbonyl (C=O) groups is 1. The van der Waals surface area contributed by atoms with E-state index in [1.54, 1.807) is 31.2 Å². The molecule has 0 spiro atoms. The minimum absolute atomic E-state index is 0.241. The summed E-state index contributed by atoms with van der Waals surface area (Å²) in [5.41, 5.74) is 1.72. The Morgan fingerprint density at radius 2 is 1.62 bits per heavy atom. The van der Waals surface area contributed by atoms with Crippen LogP contribution in [0.2, 0.25) is 0 Å². The van der Waals surface area contributed by atoms with Crippen LogP contribution >= 0.6 is 0 Å². The molecule has 0 aliphatic rings. The highest BCUT2D eigenvalue weighted by atomic mass is 32.2. The smallest absolute Gasteiger partial charge is 0.255 e. The molecule has 26 heavy (non-hydrogen) atoms. The van der Waals surface area contributed by atoms with Crippen LogP contribution in [0.4, 0.5) is 11.4 Å². The number of carbonyl (C=O) groups excluding carboxylic acids is 1. The quantitative estimate of drug-likeness (QED) is 0.743. The van der Waals surface area contributed by atoms with E-state index in [0.29, 0.717) is 23.5 Å². The zero-order chi connectivity index (χ0) is 18.7. The number of fused-ring (bicyclic) bond motifs is 1. The summed E-state index contributed by atoms with van der Waals surface area (Å²) in [5, 5.41) is 5.03. The molecule has 0 unspecified atom stereocenters. The number of nitrogens with zero attached hydrogens (tertiary/aromatic N) is 1. The van der Waals surface area contributed by atoms with E-state index in [9.17, 15) is 13.2 Å². The average Bonchev–Trinajstić information content (AvgIpc) is 2.61. The van der Waals surface area contributed by atoms with Crippen LogP contribution < -0.4 is 9.62 Å². The predicted molar refractivity (Wildman–Crippen MR) is 106 cm³/mol. The van der Waals surface area contributed by atoms with Gasteiger partial charge in [-0.1, -0.05) is 30.3 Å². The summed E-state index contributed by atoms with van der Waals surface area (Å²) < 4.78 is 24.8. The summed E-state index contributed by atoms with van der Waals surface area (Å²) >= 11 is 0. The Bertz CT molecular complexity index is 1040. The van der Waals surface area contributed by atoms with E-state index in [1.165, 1.54) is 4.31 Å². The highest BCUT2D eigenvalue weighted by Crippen LogP contribution is 2.21. The first-order valence-electron chi connectivity index (χ1n) is 8.26. The van der Waals surface area contributed by atoms with Gasteiger partial charge in [0.15, 0.2) is 0 Å². The van der Waals surface area contributed by atoms with Crippen LogP contribution in [0.1, 0.15) is 17.3 Å². The van der Waals surface area contributed by atoms with Crippen LogP contribution in [0.3, 0.4) is 0 Å². The van der Waals surface area contributed by atoms with Crippen LogP contribution in [0.15, 0.2) is 66.7 Å². The molecule has 3 aromatic carbocycles. The second-order valence-electron chi connectivity index (χ2n) is 5.99. The van der Waals surface area contributed by atoms with E-state index in [1.807, 2.05) is 42.5 Å². The number of amides is 1. The second-order valence-corrected chi connectivity index (χ2v) is 7.90. The number of nitrogens with one attached hydrogen (secondary N) is 1. The van der Waals surface area contributed by atoms with Gasteiger partial charge in [0.05, 0.1) is 11.9 Å². The van der Waals surface area contributed by atoms with Gasteiger partial charge in [0.25, 0.3) is 5.91 Å². The van der Waals surface area contributed by atoms with Gasteiger partial charge in [0.1, 0.15) is 0 Å². The van der Waals surface area contributed by atoms with Gasteiger partial charge < -0.3 is 5.32 Å². The first kappa shape index (κ1) is 17.9. The summed E-state index contributed by atoms with van der Waals surface area (Å²) in [6.45, 7) is 2.10. The maximum absolute atomic E-state index is 12.5. The van der Waals surface area contributed by atoms with E-state index >= 15 is 0 Å². The van der Waals surface area contributed by atoms with Gasteiger partial charge in [-0.2, -0.15) is 0 Å². The van der Waals surface area contributed by atoms with E-state index in [2.05, 4.69) is 5.32 Å². The maximum atomic E-state index is 12.5. The summed E-state index contributed by atoms with van der Waals surface area (Å²) in [6.07, 6.45) is 1.16. The molecule has 0 aromatic heterocycles. The molecule has 0 radical (unpaired) electrons. The monoisotopic (exact) mass is 368 g/mol. The van der Waals surface area contributed by atoms with Crippen molar-refractivity contribution >= 4 is 38.1 Å². The molecule has 0 aliphatic carbocycles. The predicted octanol–water partition coefficient (Wildman–Crippen LogP) is 3.88. The van der Waals surface area contributed by atoms with Crippen molar-refractivity contribution in [2.75, 3.05) is 22.4 Å². The zero-order valence-electron chi connectivity index (χ0n) is 14.6. The molecular weight excluding hydrogens is 348 g/mol.